The second-order valence-electron chi connectivity index (χ2n) is 18.4. The molecule has 3 unspecified atom stereocenters. The Kier molecular flexibility index (Phi) is 48.5. The molecule has 0 aromatic carbocycles. The van der Waals surface area contributed by atoms with E-state index >= 15 is 0 Å². The first-order chi connectivity index (χ1) is 29.1. The Morgan fingerprint density at radius 3 is 0.983 bits per heavy atom. The van der Waals surface area contributed by atoms with Crippen molar-refractivity contribution in [3.8, 4) is 0 Å². The topological polar surface area (TPSA) is 89.8 Å². The van der Waals surface area contributed by atoms with Crippen molar-refractivity contribution in [2.24, 2.45) is 0 Å². The molecule has 5 nitrogen and oxygen atoms in total. The van der Waals surface area contributed by atoms with Crippen LogP contribution in [0.1, 0.15) is 290 Å². The molecule has 0 aromatic rings. The number of rotatable bonds is 49. The molecular formula is C54H105NO4. The average Bonchev–Trinajstić information content (AvgIpc) is 3.24. The van der Waals surface area contributed by atoms with E-state index in [9.17, 15) is 20.1 Å². The van der Waals surface area contributed by atoms with Crippen LogP contribution in [0, 0.1) is 0 Å². The highest BCUT2D eigenvalue weighted by molar-refractivity contribution is 5.80. The second-order valence-corrected chi connectivity index (χ2v) is 18.4. The molecule has 0 spiro atoms. The van der Waals surface area contributed by atoms with Crippen molar-refractivity contribution in [3.63, 3.8) is 0 Å². The first-order valence-electron chi connectivity index (χ1n) is 26.7. The summed E-state index contributed by atoms with van der Waals surface area (Å²) in [6, 6.07) is -0.799. The van der Waals surface area contributed by atoms with Crippen LogP contribution in [0.3, 0.4) is 0 Å². The summed E-state index contributed by atoms with van der Waals surface area (Å²) in [5, 5.41) is 33.3. The minimum absolute atomic E-state index is 0.363. The third kappa shape index (κ3) is 44.7. The maximum absolute atomic E-state index is 12.5. The number of carbonyl (C=O) groups is 1. The molecule has 0 aliphatic heterocycles. The van der Waals surface area contributed by atoms with E-state index in [4.69, 9.17) is 0 Å². The summed E-state index contributed by atoms with van der Waals surface area (Å²) >= 11 is 0. The van der Waals surface area contributed by atoms with Crippen LogP contribution in [0.15, 0.2) is 24.3 Å². The summed E-state index contributed by atoms with van der Waals surface area (Å²) in [7, 11) is 0. The van der Waals surface area contributed by atoms with Gasteiger partial charge in [0.15, 0.2) is 0 Å². The summed E-state index contributed by atoms with van der Waals surface area (Å²) in [6.45, 7) is 4.21. The van der Waals surface area contributed by atoms with Crippen molar-refractivity contribution in [1.82, 2.24) is 5.32 Å². The Balaban J connectivity index is 3.60. The van der Waals surface area contributed by atoms with Gasteiger partial charge in [-0.25, -0.2) is 0 Å². The number of hydrogen-bond donors (Lipinski definition) is 4. The molecule has 0 saturated carbocycles. The SMILES string of the molecule is CCCCCCCCCCCCCC/C=C\CCCCCCCCCC(O)C(=O)NC(CO)C(O)/C=C/CCCCCCCCCCCCCCCCCCCCCC. The average molecular weight is 832 g/mol. The van der Waals surface area contributed by atoms with Gasteiger partial charge in [-0.05, 0) is 44.9 Å². The zero-order valence-electron chi connectivity index (χ0n) is 39.9. The van der Waals surface area contributed by atoms with Crippen LogP contribution in [0.25, 0.3) is 0 Å². The van der Waals surface area contributed by atoms with Crippen molar-refractivity contribution >= 4 is 5.91 Å². The van der Waals surface area contributed by atoms with Gasteiger partial charge in [0.1, 0.15) is 6.10 Å². The van der Waals surface area contributed by atoms with E-state index in [-0.39, 0.29) is 6.61 Å². The summed E-state index contributed by atoms with van der Waals surface area (Å²) in [5.74, 6) is -0.502. The van der Waals surface area contributed by atoms with E-state index < -0.39 is 24.2 Å². The van der Waals surface area contributed by atoms with Gasteiger partial charge in [0.2, 0.25) is 5.91 Å². The predicted octanol–water partition coefficient (Wildman–Crippen LogP) is 16.1. The van der Waals surface area contributed by atoms with Gasteiger partial charge < -0.3 is 20.6 Å². The number of nitrogens with one attached hydrogen (secondary N) is 1. The lowest BCUT2D eigenvalue weighted by molar-refractivity contribution is -0.131. The summed E-state index contributed by atoms with van der Waals surface area (Å²) in [4.78, 5) is 12.5. The number of allylic oxidation sites excluding steroid dienone is 3. The van der Waals surface area contributed by atoms with Crippen LogP contribution in [-0.2, 0) is 4.79 Å². The third-order valence-electron chi connectivity index (χ3n) is 12.5. The molecule has 0 aliphatic carbocycles. The van der Waals surface area contributed by atoms with Gasteiger partial charge >= 0.3 is 0 Å². The minimum Gasteiger partial charge on any atom is -0.394 e. The number of unbranched alkanes of at least 4 members (excludes halogenated alkanes) is 39. The molecule has 350 valence electrons. The van der Waals surface area contributed by atoms with E-state index in [1.807, 2.05) is 6.08 Å². The number of amides is 1. The van der Waals surface area contributed by atoms with E-state index in [1.54, 1.807) is 6.08 Å². The summed E-state index contributed by atoms with van der Waals surface area (Å²) < 4.78 is 0. The lowest BCUT2D eigenvalue weighted by Crippen LogP contribution is -2.48. The van der Waals surface area contributed by atoms with Gasteiger partial charge in [-0.15, -0.1) is 0 Å². The predicted molar refractivity (Wildman–Crippen MR) is 259 cm³/mol. The van der Waals surface area contributed by atoms with Crippen molar-refractivity contribution in [1.29, 1.82) is 0 Å². The van der Waals surface area contributed by atoms with Crippen LogP contribution in [0.4, 0.5) is 0 Å². The van der Waals surface area contributed by atoms with E-state index in [1.165, 1.54) is 238 Å². The van der Waals surface area contributed by atoms with Gasteiger partial charge in [0.05, 0.1) is 18.8 Å². The Morgan fingerprint density at radius 2 is 0.678 bits per heavy atom. The molecule has 5 heteroatoms. The highest BCUT2D eigenvalue weighted by atomic mass is 16.3. The maximum Gasteiger partial charge on any atom is 0.249 e. The first-order valence-corrected chi connectivity index (χ1v) is 26.7. The van der Waals surface area contributed by atoms with Gasteiger partial charge in [0, 0.05) is 0 Å². The van der Waals surface area contributed by atoms with Crippen molar-refractivity contribution in [2.75, 3.05) is 6.61 Å². The lowest BCUT2D eigenvalue weighted by atomic mass is 10.0. The number of aliphatic hydroxyl groups excluding tert-OH is 3. The third-order valence-corrected chi connectivity index (χ3v) is 12.5. The van der Waals surface area contributed by atoms with Crippen LogP contribution >= 0.6 is 0 Å². The number of aliphatic hydroxyl groups is 3. The fourth-order valence-electron chi connectivity index (χ4n) is 8.36. The molecule has 0 aromatic heterocycles. The number of carbonyl (C=O) groups excluding carboxylic acids is 1. The maximum atomic E-state index is 12.5. The summed E-state index contributed by atoms with van der Waals surface area (Å²) in [6.07, 6.45) is 62.4. The molecule has 0 rings (SSSR count). The molecule has 0 radical (unpaired) electrons. The molecular weight excluding hydrogens is 727 g/mol. The second kappa shape index (κ2) is 49.5. The largest absolute Gasteiger partial charge is 0.394 e. The van der Waals surface area contributed by atoms with Crippen LogP contribution in [0.2, 0.25) is 0 Å². The Morgan fingerprint density at radius 1 is 0.407 bits per heavy atom. The van der Waals surface area contributed by atoms with Crippen LogP contribution in [0.5, 0.6) is 0 Å². The van der Waals surface area contributed by atoms with Gasteiger partial charge in [-0.3, -0.25) is 4.79 Å². The highest BCUT2D eigenvalue weighted by Gasteiger charge is 2.22. The molecule has 0 heterocycles. The van der Waals surface area contributed by atoms with E-state index in [0.717, 1.165) is 32.1 Å². The molecule has 59 heavy (non-hydrogen) atoms. The smallest absolute Gasteiger partial charge is 0.249 e. The molecule has 0 fully saturated rings. The Bertz CT molecular complexity index is 874. The van der Waals surface area contributed by atoms with Gasteiger partial charge in [0.25, 0.3) is 0 Å². The van der Waals surface area contributed by atoms with Gasteiger partial charge in [-0.1, -0.05) is 269 Å². The summed E-state index contributed by atoms with van der Waals surface area (Å²) in [5.41, 5.74) is 0. The fraction of sp³-hybridized carbons (Fsp3) is 0.907. The lowest BCUT2D eigenvalue weighted by Gasteiger charge is -2.21. The van der Waals surface area contributed by atoms with Gasteiger partial charge in [-0.2, -0.15) is 0 Å². The van der Waals surface area contributed by atoms with Crippen molar-refractivity contribution in [3.05, 3.63) is 24.3 Å². The molecule has 0 bridgehead atoms. The van der Waals surface area contributed by atoms with Crippen LogP contribution in [-0.4, -0.2) is 46.1 Å². The monoisotopic (exact) mass is 832 g/mol. The highest BCUT2D eigenvalue weighted by Crippen LogP contribution is 2.17. The first kappa shape index (κ1) is 57.8. The van der Waals surface area contributed by atoms with E-state index in [2.05, 4.69) is 31.3 Å². The standard InChI is InChI=1S/C54H105NO4/c1-3-5-7-9-11-13-15-17-19-21-23-25-27-29-31-33-35-37-39-41-43-45-47-49-53(58)54(59)55-51(50-56)52(57)48-46-44-42-40-38-36-34-32-30-28-26-24-22-20-18-16-14-12-10-8-6-4-2/h29,31,46,48,51-53,56-58H,3-28,30,32-45,47,49-50H2,1-2H3,(H,55,59)/b31-29-,48-46+. The molecule has 0 aliphatic rings. The van der Waals surface area contributed by atoms with Crippen molar-refractivity contribution < 1.29 is 20.1 Å². The minimum atomic E-state index is -1.10. The molecule has 1 amide bonds. The zero-order valence-corrected chi connectivity index (χ0v) is 39.9. The molecule has 3 atom stereocenters. The normalized spacial score (nSPS) is 13.5. The zero-order chi connectivity index (χ0) is 43.0. The Hall–Kier alpha value is -1.17. The molecule has 4 N–H and O–H groups in total. The van der Waals surface area contributed by atoms with Crippen molar-refractivity contribution in [2.45, 2.75) is 308 Å². The van der Waals surface area contributed by atoms with Crippen LogP contribution < -0.4 is 5.32 Å². The number of hydrogen-bond acceptors (Lipinski definition) is 4. The van der Waals surface area contributed by atoms with E-state index in [0.29, 0.717) is 6.42 Å². The Labute approximate surface area is 369 Å². The quantitative estimate of drug-likeness (QED) is 0.0363. The fourth-order valence-corrected chi connectivity index (χ4v) is 8.36. The molecule has 0 saturated heterocycles.